The zero-order valence-electron chi connectivity index (χ0n) is 12.3. The van der Waals surface area contributed by atoms with E-state index >= 15 is 0 Å². The van der Waals surface area contributed by atoms with Gasteiger partial charge >= 0.3 is 0 Å². The Labute approximate surface area is 140 Å². The highest BCUT2D eigenvalue weighted by Crippen LogP contribution is 2.25. The van der Waals surface area contributed by atoms with Gasteiger partial charge in [0.15, 0.2) is 5.11 Å². The van der Waals surface area contributed by atoms with E-state index in [9.17, 15) is 0 Å². The minimum Gasteiger partial charge on any atom is -0.376 e. The van der Waals surface area contributed by atoms with Crippen molar-refractivity contribution in [1.29, 1.82) is 0 Å². The molecule has 5 heteroatoms. The van der Waals surface area contributed by atoms with Crippen molar-refractivity contribution in [1.82, 2.24) is 10.6 Å². The first kappa shape index (κ1) is 15.5. The summed E-state index contributed by atoms with van der Waals surface area (Å²) >= 11 is 7.20. The van der Waals surface area contributed by atoms with Crippen LogP contribution in [0.3, 0.4) is 0 Å². The van der Waals surface area contributed by atoms with Crippen molar-refractivity contribution in [2.75, 3.05) is 13.2 Å². The Balaban J connectivity index is 1.64. The van der Waals surface area contributed by atoms with E-state index in [0.717, 1.165) is 26.0 Å². The molecule has 1 fully saturated rings. The second-order valence-corrected chi connectivity index (χ2v) is 6.74. The molecule has 1 saturated heterocycles. The third-order valence-corrected chi connectivity index (χ3v) is 4.95. The van der Waals surface area contributed by atoms with E-state index in [4.69, 9.17) is 17.0 Å². The molecule has 0 aliphatic carbocycles. The topological polar surface area (TPSA) is 33.3 Å². The molecule has 2 aromatic rings. The summed E-state index contributed by atoms with van der Waals surface area (Å²) in [6, 6.07) is 14.7. The minimum absolute atomic E-state index is 0.0886. The van der Waals surface area contributed by atoms with Crippen molar-refractivity contribution in [3.05, 3.63) is 58.3 Å². The third kappa shape index (κ3) is 4.06. The molecule has 0 bridgehead atoms. The smallest absolute Gasteiger partial charge is 0.167 e. The predicted molar refractivity (Wildman–Crippen MR) is 95.3 cm³/mol. The van der Waals surface area contributed by atoms with Crippen LogP contribution in [0.5, 0.6) is 0 Å². The van der Waals surface area contributed by atoms with Gasteiger partial charge in [-0.2, -0.15) is 0 Å². The average Bonchev–Trinajstić information content (AvgIpc) is 3.25. The summed E-state index contributed by atoms with van der Waals surface area (Å²) in [6.07, 6.45) is 2.55. The van der Waals surface area contributed by atoms with E-state index in [-0.39, 0.29) is 12.1 Å². The molecule has 0 radical (unpaired) electrons. The maximum Gasteiger partial charge on any atom is 0.167 e. The lowest BCUT2D eigenvalue weighted by Gasteiger charge is -2.21. The number of thiocarbonyl (C=S) groups is 1. The highest BCUT2D eigenvalue weighted by molar-refractivity contribution is 7.80. The first-order valence-corrected chi connectivity index (χ1v) is 8.86. The Bertz CT molecular complexity index is 580. The molecule has 1 aromatic heterocycles. The van der Waals surface area contributed by atoms with Crippen molar-refractivity contribution >= 4 is 28.7 Å². The number of ether oxygens (including phenoxy) is 1. The molecule has 0 amide bonds. The van der Waals surface area contributed by atoms with Crippen LogP contribution in [0.25, 0.3) is 0 Å². The van der Waals surface area contributed by atoms with Crippen molar-refractivity contribution in [2.45, 2.75) is 25.0 Å². The van der Waals surface area contributed by atoms with Gasteiger partial charge in [-0.25, -0.2) is 0 Å². The number of rotatable bonds is 5. The summed E-state index contributed by atoms with van der Waals surface area (Å²) in [5.74, 6) is 0. The van der Waals surface area contributed by atoms with Gasteiger partial charge in [-0.1, -0.05) is 36.4 Å². The summed E-state index contributed by atoms with van der Waals surface area (Å²) < 4.78 is 5.62. The van der Waals surface area contributed by atoms with E-state index < -0.39 is 0 Å². The van der Waals surface area contributed by atoms with Crippen LogP contribution >= 0.6 is 23.6 Å². The Morgan fingerprint density at radius 3 is 2.82 bits per heavy atom. The summed E-state index contributed by atoms with van der Waals surface area (Å²) in [7, 11) is 0. The van der Waals surface area contributed by atoms with Gasteiger partial charge in [0.05, 0.1) is 12.1 Å². The molecule has 1 aromatic carbocycles. The quantitative estimate of drug-likeness (QED) is 0.821. The van der Waals surface area contributed by atoms with E-state index in [1.807, 2.05) is 6.07 Å². The number of nitrogens with one attached hydrogen (secondary N) is 2. The lowest BCUT2D eigenvalue weighted by atomic mass is 10.1. The Kier molecular flexibility index (Phi) is 5.43. The first-order chi connectivity index (χ1) is 10.8. The fourth-order valence-electron chi connectivity index (χ4n) is 2.61. The molecule has 2 atom stereocenters. The monoisotopic (exact) mass is 332 g/mol. The van der Waals surface area contributed by atoms with Crippen LogP contribution in [-0.4, -0.2) is 24.4 Å². The summed E-state index contributed by atoms with van der Waals surface area (Å²) in [5.41, 5.74) is 1.21. The third-order valence-electron chi connectivity index (χ3n) is 3.75. The van der Waals surface area contributed by atoms with Gasteiger partial charge in [0.25, 0.3) is 0 Å². The number of thiophene rings is 1. The van der Waals surface area contributed by atoms with Gasteiger partial charge in [-0.05, 0) is 42.1 Å². The minimum atomic E-state index is 0.0886. The van der Waals surface area contributed by atoms with Gasteiger partial charge in [-0.15, -0.1) is 11.3 Å². The average molecular weight is 332 g/mol. The van der Waals surface area contributed by atoms with Crippen LogP contribution in [-0.2, 0) is 4.74 Å². The second kappa shape index (κ2) is 7.72. The van der Waals surface area contributed by atoms with Gasteiger partial charge in [0.1, 0.15) is 0 Å². The highest BCUT2D eigenvalue weighted by Gasteiger charge is 2.18. The van der Waals surface area contributed by atoms with E-state index in [1.165, 1.54) is 10.4 Å². The zero-order valence-corrected chi connectivity index (χ0v) is 14.0. The van der Waals surface area contributed by atoms with E-state index in [0.29, 0.717) is 5.11 Å². The first-order valence-electron chi connectivity index (χ1n) is 7.57. The Morgan fingerprint density at radius 2 is 2.14 bits per heavy atom. The zero-order chi connectivity index (χ0) is 15.2. The fraction of sp³-hybridized carbons (Fsp3) is 0.353. The molecule has 22 heavy (non-hydrogen) atoms. The molecular weight excluding hydrogens is 312 g/mol. The van der Waals surface area contributed by atoms with E-state index in [1.54, 1.807) is 11.3 Å². The van der Waals surface area contributed by atoms with Crippen LogP contribution in [0, 0.1) is 0 Å². The standard InChI is InChI=1S/C17H20N2OS2/c21-17(18-12-14-8-4-10-20-14)19-16(15-9-5-11-22-15)13-6-2-1-3-7-13/h1-3,5-7,9,11,14,16H,4,8,10,12H2,(H2,18,19,21)/t14-,16-/m1/s1. The van der Waals surface area contributed by atoms with E-state index in [2.05, 4.69) is 52.4 Å². The molecule has 2 heterocycles. The lowest BCUT2D eigenvalue weighted by Crippen LogP contribution is -2.41. The second-order valence-electron chi connectivity index (χ2n) is 5.35. The normalized spacial score (nSPS) is 18.8. The van der Waals surface area contributed by atoms with Crippen LogP contribution in [0.4, 0.5) is 0 Å². The molecular formula is C17H20N2OS2. The van der Waals surface area contributed by atoms with Crippen LogP contribution < -0.4 is 10.6 Å². The van der Waals surface area contributed by atoms with Gasteiger partial charge in [0, 0.05) is 18.0 Å². The van der Waals surface area contributed by atoms with Crippen LogP contribution in [0.2, 0.25) is 0 Å². The summed E-state index contributed by atoms with van der Waals surface area (Å²) in [6.45, 7) is 1.64. The SMILES string of the molecule is S=C(NC[C@H]1CCCO1)N[C@H](c1ccccc1)c1cccs1. The van der Waals surface area contributed by atoms with Crippen molar-refractivity contribution in [2.24, 2.45) is 0 Å². The largest absolute Gasteiger partial charge is 0.376 e. The summed E-state index contributed by atoms with van der Waals surface area (Å²) in [4.78, 5) is 1.26. The van der Waals surface area contributed by atoms with Crippen molar-refractivity contribution in [3.8, 4) is 0 Å². The van der Waals surface area contributed by atoms with Gasteiger partial charge < -0.3 is 15.4 Å². The molecule has 1 aliphatic rings. The Morgan fingerprint density at radius 1 is 1.27 bits per heavy atom. The molecule has 3 nitrogen and oxygen atoms in total. The number of benzene rings is 1. The van der Waals surface area contributed by atoms with Gasteiger partial charge in [-0.3, -0.25) is 0 Å². The number of hydrogen-bond donors (Lipinski definition) is 2. The molecule has 0 unspecified atom stereocenters. The van der Waals surface area contributed by atoms with Crippen LogP contribution in [0.15, 0.2) is 47.8 Å². The van der Waals surface area contributed by atoms with Crippen LogP contribution in [0.1, 0.15) is 29.3 Å². The predicted octanol–water partition coefficient (Wildman–Crippen LogP) is 3.48. The molecule has 2 N–H and O–H groups in total. The summed E-state index contributed by atoms with van der Waals surface area (Å²) in [5, 5.41) is 9.49. The van der Waals surface area contributed by atoms with Crippen molar-refractivity contribution in [3.63, 3.8) is 0 Å². The molecule has 0 spiro atoms. The fourth-order valence-corrected chi connectivity index (χ4v) is 3.62. The molecule has 116 valence electrons. The van der Waals surface area contributed by atoms with Crippen molar-refractivity contribution < 1.29 is 4.74 Å². The number of hydrogen-bond acceptors (Lipinski definition) is 3. The molecule has 3 rings (SSSR count). The molecule has 0 saturated carbocycles. The Hall–Kier alpha value is -1.43. The maximum atomic E-state index is 5.62. The van der Waals surface area contributed by atoms with Gasteiger partial charge in [0.2, 0.25) is 0 Å². The molecule has 1 aliphatic heterocycles. The lowest BCUT2D eigenvalue weighted by molar-refractivity contribution is 0.114. The highest BCUT2D eigenvalue weighted by atomic mass is 32.1. The maximum absolute atomic E-state index is 5.62.